The van der Waals surface area contributed by atoms with Gasteiger partial charge in [-0.25, -0.2) is 4.98 Å². The minimum atomic E-state index is -0.0152. The number of carbonyl (C=O) groups is 1. The van der Waals surface area contributed by atoms with Gasteiger partial charge < -0.3 is 10.6 Å². The van der Waals surface area contributed by atoms with Gasteiger partial charge in [0.05, 0.1) is 5.56 Å². The number of nitrogens with zero attached hydrogens (tertiary/aromatic N) is 1. The summed E-state index contributed by atoms with van der Waals surface area (Å²) in [6.07, 6.45) is 8.04. The average Bonchev–Trinajstić information content (AvgIpc) is 2.49. The summed E-state index contributed by atoms with van der Waals surface area (Å²) in [6, 6.07) is 3.92. The molecule has 1 heterocycles. The van der Waals surface area contributed by atoms with E-state index in [9.17, 15) is 4.79 Å². The summed E-state index contributed by atoms with van der Waals surface area (Å²) in [6.45, 7) is 4.97. The number of rotatable bonds is 5. The first-order valence-electron chi connectivity index (χ1n) is 7.71. The summed E-state index contributed by atoms with van der Waals surface area (Å²) in [5.41, 5.74) is 0.634. The topological polar surface area (TPSA) is 54.0 Å². The monoisotopic (exact) mass is 275 g/mol. The lowest BCUT2D eigenvalue weighted by atomic mass is 9.84. The Labute approximate surface area is 121 Å². The van der Waals surface area contributed by atoms with Crippen molar-refractivity contribution in [2.24, 2.45) is 5.92 Å². The van der Waals surface area contributed by atoms with Crippen LogP contribution in [0.4, 0.5) is 5.82 Å². The van der Waals surface area contributed by atoms with Crippen LogP contribution < -0.4 is 10.6 Å². The molecule has 0 bridgehead atoms. The van der Waals surface area contributed by atoms with Gasteiger partial charge >= 0.3 is 0 Å². The van der Waals surface area contributed by atoms with Crippen molar-refractivity contribution in [1.82, 2.24) is 10.3 Å². The van der Waals surface area contributed by atoms with E-state index in [4.69, 9.17) is 0 Å². The molecule has 1 aliphatic rings. The minimum Gasteiger partial charge on any atom is -0.370 e. The predicted molar refractivity (Wildman–Crippen MR) is 81.9 cm³/mol. The second-order valence-electron chi connectivity index (χ2n) is 5.62. The molecule has 4 heteroatoms. The van der Waals surface area contributed by atoms with Crippen molar-refractivity contribution in [2.45, 2.75) is 52.0 Å². The van der Waals surface area contributed by atoms with Crippen molar-refractivity contribution in [2.75, 3.05) is 11.9 Å². The van der Waals surface area contributed by atoms with Crippen molar-refractivity contribution in [3.05, 3.63) is 23.9 Å². The van der Waals surface area contributed by atoms with Crippen LogP contribution in [0, 0.1) is 5.92 Å². The highest BCUT2D eigenvalue weighted by molar-refractivity contribution is 5.94. The molecule has 1 aromatic heterocycles. The van der Waals surface area contributed by atoms with Gasteiger partial charge in [-0.2, -0.15) is 0 Å². The third-order valence-electron chi connectivity index (χ3n) is 4.10. The van der Waals surface area contributed by atoms with Crippen LogP contribution in [-0.4, -0.2) is 23.5 Å². The third-order valence-corrected chi connectivity index (χ3v) is 4.10. The van der Waals surface area contributed by atoms with Gasteiger partial charge in [-0.05, 0) is 44.7 Å². The second kappa shape index (κ2) is 7.27. The summed E-state index contributed by atoms with van der Waals surface area (Å²) >= 11 is 0. The van der Waals surface area contributed by atoms with Gasteiger partial charge in [0.25, 0.3) is 5.91 Å². The first-order chi connectivity index (χ1) is 9.70. The molecule has 0 saturated heterocycles. The normalized spacial score (nSPS) is 17.5. The smallest absolute Gasteiger partial charge is 0.253 e. The number of aromatic nitrogens is 1. The molecule has 0 aromatic carbocycles. The third kappa shape index (κ3) is 3.95. The first kappa shape index (κ1) is 14.8. The van der Waals surface area contributed by atoms with Gasteiger partial charge in [-0.15, -0.1) is 0 Å². The van der Waals surface area contributed by atoms with Crippen LogP contribution in [-0.2, 0) is 0 Å². The van der Waals surface area contributed by atoms with E-state index in [1.807, 2.05) is 19.1 Å². The summed E-state index contributed by atoms with van der Waals surface area (Å²) in [4.78, 5) is 16.4. The molecule has 1 fully saturated rings. The van der Waals surface area contributed by atoms with E-state index in [-0.39, 0.29) is 11.9 Å². The van der Waals surface area contributed by atoms with Gasteiger partial charge in [0.1, 0.15) is 5.82 Å². The van der Waals surface area contributed by atoms with E-state index in [1.165, 1.54) is 32.1 Å². The number of pyridine rings is 1. The largest absolute Gasteiger partial charge is 0.370 e. The molecule has 0 radical (unpaired) electrons. The number of hydrogen-bond acceptors (Lipinski definition) is 3. The van der Waals surface area contributed by atoms with E-state index >= 15 is 0 Å². The van der Waals surface area contributed by atoms with Gasteiger partial charge in [0, 0.05) is 18.8 Å². The van der Waals surface area contributed by atoms with Gasteiger partial charge in [0.15, 0.2) is 0 Å². The molecule has 1 saturated carbocycles. The SMILES string of the molecule is CCNc1ccc(C(=O)NC(C)C2CCCCC2)cn1. The molecule has 110 valence electrons. The summed E-state index contributed by atoms with van der Waals surface area (Å²) < 4.78 is 0. The van der Waals surface area contributed by atoms with Crippen LogP contribution in [0.15, 0.2) is 18.3 Å². The number of amides is 1. The average molecular weight is 275 g/mol. The van der Waals surface area contributed by atoms with Crippen LogP contribution in [0.1, 0.15) is 56.3 Å². The van der Waals surface area contributed by atoms with Crippen molar-refractivity contribution in [1.29, 1.82) is 0 Å². The Kier molecular flexibility index (Phi) is 5.39. The molecule has 0 aliphatic heterocycles. The van der Waals surface area contributed by atoms with Crippen LogP contribution in [0.3, 0.4) is 0 Å². The molecule has 2 N–H and O–H groups in total. The molecular formula is C16H25N3O. The second-order valence-corrected chi connectivity index (χ2v) is 5.62. The van der Waals surface area contributed by atoms with Gasteiger partial charge in [-0.1, -0.05) is 19.3 Å². The van der Waals surface area contributed by atoms with Gasteiger partial charge in [0.2, 0.25) is 0 Å². The number of anilines is 1. The Morgan fingerprint density at radius 3 is 2.70 bits per heavy atom. The fourth-order valence-electron chi connectivity index (χ4n) is 2.86. The van der Waals surface area contributed by atoms with E-state index in [0.29, 0.717) is 11.5 Å². The lowest BCUT2D eigenvalue weighted by Crippen LogP contribution is -2.38. The molecule has 20 heavy (non-hydrogen) atoms. The Morgan fingerprint density at radius 2 is 2.10 bits per heavy atom. The first-order valence-corrected chi connectivity index (χ1v) is 7.71. The number of nitrogens with one attached hydrogen (secondary N) is 2. The molecular weight excluding hydrogens is 250 g/mol. The van der Waals surface area contributed by atoms with Crippen LogP contribution >= 0.6 is 0 Å². The molecule has 1 aliphatic carbocycles. The van der Waals surface area contributed by atoms with E-state index in [1.54, 1.807) is 6.20 Å². The zero-order valence-electron chi connectivity index (χ0n) is 12.5. The van der Waals surface area contributed by atoms with Crippen LogP contribution in [0.25, 0.3) is 0 Å². The van der Waals surface area contributed by atoms with Crippen LogP contribution in [0.5, 0.6) is 0 Å². The van der Waals surface area contributed by atoms with E-state index < -0.39 is 0 Å². The molecule has 2 rings (SSSR count). The maximum atomic E-state index is 12.2. The molecule has 0 spiro atoms. The zero-order chi connectivity index (χ0) is 14.4. The minimum absolute atomic E-state index is 0.0152. The standard InChI is InChI=1S/C16H25N3O/c1-3-17-15-10-9-14(11-18-15)16(20)19-12(2)13-7-5-4-6-8-13/h9-13H,3-8H2,1-2H3,(H,17,18)(H,19,20). The summed E-state index contributed by atoms with van der Waals surface area (Å²) in [5, 5.41) is 6.24. The highest BCUT2D eigenvalue weighted by Crippen LogP contribution is 2.26. The highest BCUT2D eigenvalue weighted by Gasteiger charge is 2.21. The number of carbonyl (C=O) groups excluding carboxylic acids is 1. The zero-order valence-corrected chi connectivity index (χ0v) is 12.5. The van der Waals surface area contributed by atoms with E-state index in [0.717, 1.165) is 12.4 Å². The Bertz CT molecular complexity index is 424. The highest BCUT2D eigenvalue weighted by atomic mass is 16.1. The van der Waals surface area contributed by atoms with Gasteiger partial charge in [-0.3, -0.25) is 4.79 Å². The summed E-state index contributed by atoms with van der Waals surface area (Å²) in [7, 11) is 0. The molecule has 1 aromatic rings. The van der Waals surface area contributed by atoms with Crippen molar-refractivity contribution in [3.63, 3.8) is 0 Å². The number of hydrogen-bond donors (Lipinski definition) is 2. The van der Waals surface area contributed by atoms with Crippen molar-refractivity contribution >= 4 is 11.7 Å². The quantitative estimate of drug-likeness (QED) is 0.867. The van der Waals surface area contributed by atoms with Crippen LogP contribution in [0.2, 0.25) is 0 Å². The molecule has 1 atom stereocenters. The Morgan fingerprint density at radius 1 is 1.35 bits per heavy atom. The fourth-order valence-corrected chi connectivity index (χ4v) is 2.86. The lowest BCUT2D eigenvalue weighted by Gasteiger charge is -2.28. The van der Waals surface area contributed by atoms with E-state index in [2.05, 4.69) is 22.5 Å². The molecule has 4 nitrogen and oxygen atoms in total. The Hall–Kier alpha value is -1.58. The molecule has 1 unspecified atom stereocenters. The molecule has 1 amide bonds. The van der Waals surface area contributed by atoms with Crippen molar-refractivity contribution < 1.29 is 4.79 Å². The fraction of sp³-hybridized carbons (Fsp3) is 0.625. The maximum absolute atomic E-state index is 12.2. The predicted octanol–water partition coefficient (Wildman–Crippen LogP) is 3.21. The summed E-state index contributed by atoms with van der Waals surface area (Å²) in [5.74, 6) is 1.42. The maximum Gasteiger partial charge on any atom is 0.253 e. The van der Waals surface area contributed by atoms with Crippen molar-refractivity contribution in [3.8, 4) is 0 Å². The Balaban J connectivity index is 1.89. The lowest BCUT2D eigenvalue weighted by molar-refractivity contribution is 0.0919.